The highest BCUT2D eigenvalue weighted by Crippen LogP contribution is 2.59. The van der Waals surface area contributed by atoms with Gasteiger partial charge >= 0.3 is 0 Å². The standard InChI is InChI=1S/C86H106Cl2N8O25/c1-34(2)14-53(92-7)82(112)95-70-56(101)23-45(26-64(89)104)80(110)93-68-44-24-61(116-59-12-9-40(72(70)105)21-51(59)87)76(121-84-77(74(107)73(106)63(33-97)118-84)120-66-32-86(6,91)79(109)36(4)115-66)62(25-44)117-60-13-10-41(22-52(60)88)75(119-65-31-85(5,90)78(108)35(3)114-65)71-83(113)94-69(58(103)29-47-42-16-37-15-38(18-42)19-43(47)17-37)50-27-46(98)28-55(100)67(50)49-20-39(8-11-54(49)99)48(30-57(68)102)81(111)96-71/h8-13,20-22,24-25,27-28,34-38,42-43,45,47-48,53,63,65-66,68-75,77-79,84,92,97-100,105-109H,14-19,23,26,29-33,90-91H2,1-7H3,(H2,89,104)(H,93,110)(H,94,113)(H,95,112)(H,96,111)/t35?,36?,37?,38?,42?,43?,45-,47?,48+,53+,63?,65?,66?,68+,69-,70-,71+,72+,73?,74?,75+,77?,78?,79?,84?,85?,86?/m0/s1. The Morgan fingerprint density at radius 1 is 0.653 bits per heavy atom. The van der Waals surface area contributed by atoms with E-state index in [0.29, 0.717) is 11.8 Å². The second-order valence-electron chi connectivity index (χ2n) is 35.3. The van der Waals surface area contributed by atoms with Crippen molar-refractivity contribution in [2.45, 2.75) is 246 Å². The van der Waals surface area contributed by atoms with Gasteiger partial charge in [-0.05, 0) is 191 Å². The number of hydrogen-bond acceptors (Lipinski definition) is 28. The maximum Gasteiger partial charge on any atom is 0.246 e. The monoisotopic (exact) mass is 1720 g/mol. The number of carbonyl (C=O) groups is 8. The van der Waals surface area contributed by atoms with Crippen LogP contribution in [0.5, 0.6) is 46.0 Å². The summed E-state index contributed by atoms with van der Waals surface area (Å²) in [6, 6.07) is 6.76. The smallest absolute Gasteiger partial charge is 0.246 e. The van der Waals surface area contributed by atoms with Gasteiger partial charge in [-0.15, -0.1) is 0 Å². The molecule has 0 spiro atoms. The summed E-state index contributed by atoms with van der Waals surface area (Å²) in [6.45, 7) is 8.86. The van der Waals surface area contributed by atoms with Crippen LogP contribution in [-0.2, 0) is 62.0 Å². The summed E-state index contributed by atoms with van der Waals surface area (Å²) in [5.41, 5.74) is 15.1. The number of phenols is 3. The first-order chi connectivity index (χ1) is 57.2. The molecule has 35 heteroatoms. The molecule has 4 saturated carbocycles. The predicted octanol–water partition coefficient (Wildman–Crippen LogP) is 5.27. The number of carbonyl (C=O) groups excluding carboxylic acids is 8. The van der Waals surface area contributed by atoms with Crippen molar-refractivity contribution >= 4 is 70.1 Å². The number of nitrogens with one attached hydrogen (secondary N) is 5. The number of benzene rings is 5. The lowest BCUT2D eigenvalue weighted by Gasteiger charge is -2.54. The molecular formula is C86H106Cl2N8O25. The van der Waals surface area contributed by atoms with Gasteiger partial charge in [0, 0.05) is 66.8 Å². The molecule has 4 aliphatic carbocycles. The molecule has 0 radical (unpaired) electrons. The Bertz CT molecular complexity index is 4790. The third kappa shape index (κ3) is 18.5. The number of amides is 5. The highest BCUT2D eigenvalue weighted by Gasteiger charge is 2.54. The van der Waals surface area contributed by atoms with Crippen LogP contribution in [0.4, 0.5) is 0 Å². The van der Waals surface area contributed by atoms with Crippen molar-refractivity contribution in [1.29, 1.82) is 0 Å². The minimum absolute atomic E-state index is 0.0392. The van der Waals surface area contributed by atoms with E-state index in [9.17, 15) is 55.5 Å². The van der Waals surface area contributed by atoms with Crippen LogP contribution in [0.25, 0.3) is 11.1 Å². The molecule has 5 aromatic carbocycles. The fraction of sp³-hybridized carbons (Fsp3) is 0.558. The number of fused-ring (bicyclic) bond motifs is 15. The van der Waals surface area contributed by atoms with Crippen LogP contribution in [-0.4, -0.2) is 203 Å². The summed E-state index contributed by atoms with van der Waals surface area (Å²) in [5, 5.41) is 119. The average molecular weight is 1720 g/mol. The molecule has 22 atom stereocenters. The van der Waals surface area contributed by atoms with Crippen molar-refractivity contribution < 1.29 is 122 Å². The van der Waals surface area contributed by atoms with Gasteiger partial charge < -0.3 is 128 Å². The molecule has 33 nitrogen and oxygen atoms in total. The van der Waals surface area contributed by atoms with Crippen LogP contribution in [0, 0.1) is 41.4 Å². The number of phenolic OH excluding ortho intramolecular Hbond substituents is 3. The third-order valence-electron chi connectivity index (χ3n) is 25.7. The summed E-state index contributed by atoms with van der Waals surface area (Å²) in [7, 11) is 1.51. The number of nitrogens with two attached hydrogens (primary N) is 3. The minimum Gasteiger partial charge on any atom is -0.508 e. The van der Waals surface area contributed by atoms with Crippen molar-refractivity contribution in [1.82, 2.24) is 26.6 Å². The number of rotatable bonds is 17. The zero-order valence-electron chi connectivity index (χ0n) is 67.8. The molecule has 20 N–H and O–H groups in total. The number of aromatic hydroxyl groups is 3. The van der Waals surface area contributed by atoms with E-state index in [1.54, 1.807) is 6.92 Å². The Balaban J connectivity index is 0.999. The number of aliphatic hydroxyl groups excluding tert-OH is 6. The maximum absolute atomic E-state index is 16.8. The number of ether oxygens (including phenoxy) is 8. The normalized spacial score (nSPS) is 35.1. The molecule has 7 fully saturated rings. The first-order valence-electron chi connectivity index (χ1n) is 41.0. The van der Waals surface area contributed by atoms with Gasteiger partial charge in [-0.25, -0.2) is 0 Å². The zero-order chi connectivity index (χ0) is 87.0. The van der Waals surface area contributed by atoms with Crippen LogP contribution in [0.1, 0.15) is 177 Å². The summed E-state index contributed by atoms with van der Waals surface area (Å²) < 4.78 is 52.7. The van der Waals surface area contributed by atoms with Crippen LogP contribution in [0.15, 0.2) is 78.9 Å². The minimum atomic E-state index is -2.20. The van der Waals surface area contributed by atoms with E-state index in [4.69, 9.17) is 78.3 Å². The van der Waals surface area contributed by atoms with E-state index in [-0.39, 0.29) is 110 Å². The van der Waals surface area contributed by atoms with Crippen molar-refractivity contribution in [3.63, 3.8) is 0 Å². The summed E-state index contributed by atoms with van der Waals surface area (Å²) in [4.78, 5) is 125. The van der Waals surface area contributed by atoms with Gasteiger partial charge in [0.1, 0.15) is 83.4 Å². The van der Waals surface area contributed by atoms with E-state index in [2.05, 4.69) is 26.6 Å². The van der Waals surface area contributed by atoms with E-state index < -0.39 is 240 Å². The molecule has 0 aromatic heterocycles. The molecule has 17 rings (SSSR count). The van der Waals surface area contributed by atoms with Gasteiger partial charge in [0.15, 0.2) is 47.5 Å². The topological polar surface area (TPSA) is 531 Å². The Labute approximate surface area is 707 Å². The molecule has 5 amide bonds. The molecule has 8 heterocycles. The Morgan fingerprint density at radius 3 is 1.83 bits per heavy atom. The second kappa shape index (κ2) is 35.5. The van der Waals surface area contributed by atoms with Crippen molar-refractivity contribution in [2.24, 2.45) is 58.6 Å². The lowest BCUT2D eigenvalue weighted by molar-refractivity contribution is -0.333. The quantitative estimate of drug-likeness (QED) is 0.0564. The summed E-state index contributed by atoms with van der Waals surface area (Å²) in [5.74, 6) is -15.1. The SMILES string of the molecule is CN[C@H](CC(C)C)C(=O)N[C@H]1C(=O)C[C@@H](CC(N)=O)C(=O)N[C@H]2C(=O)C[C@H]3C(=O)N[C@@H](C(=O)N[C@H](C(=O)CC4C5CC6CC(C5)CC4C6)c4cc(O)cc(O)c4-c4cc3ccc4O)[C@H](OC3CC(C)(N)C(O)C(C)O3)c3ccc(c(Cl)c3)Oc3cc2cc(c3OC2OC(CO)C(O)C(O)C2OC2CC(C)(N)C(O)C(C)O2)Oc2ccc(cc2Cl)[C@H]1O. The Kier molecular flexibility index (Phi) is 26.0. The van der Waals surface area contributed by atoms with Crippen molar-refractivity contribution in [3.05, 3.63) is 117 Å². The predicted molar refractivity (Wildman–Crippen MR) is 431 cm³/mol. The molecule has 3 saturated heterocycles. The van der Waals surface area contributed by atoms with Gasteiger partial charge in [-0.1, -0.05) is 55.2 Å². The number of aliphatic hydroxyl groups is 6. The van der Waals surface area contributed by atoms with Crippen molar-refractivity contribution in [2.75, 3.05) is 13.7 Å². The molecule has 121 heavy (non-hydrogen) atoms. The molecular weight excluding hydrogens is 1620 g/mol. The maximum atomic E-state index is 16.8. The summed E-state index contributed by atoms with van der Waals surface area (Å²) >= 11 is 14.8. The Hall–Kier alpha value is -8.72. The van der Waals surface area contributed by atoms with Crippen LogP contribution < -0.4 is 58.0 Å². The van der Waals surface area contributed by atoms with Crippen LogP contribution in [0.3, 0.4) is 0 Å². The van der Waals surface area contributed by atoms with Gasteiger partial charge in [0.2, 0.25) is 41.6 Å². The molecule has 8 aliphatic heterocycles. The highest BCUT2D eigenvalue weighted by molar-refractivity contribution is 6.32. The molecule has 654 valence electrons. The lowest BCUT2D eigenvalue weighted by Crippen LogP contribution is -2.64. The number of halogens is 2. The lowest BCUT2D eigenvalue weighted by atomic mass is 9.51. The van der Waals surface area contributed by atoms with E-state index in [0.717, 1.165) is 62.4 Å². The number of Topliss-reactive ketones (excluding diaryl/α,β-unsaturated/α-hetero) is 3. The fourth-order valence-electron chi connectivity index (χ4n) is 19.6. The Morgan fingerprint density at radius 2 is 1.25 bits per heavy atom. The average Bonchev–Trinajstić information content (AvgIpc) is 0.840. The van der Waals surface area contributed by atoms with Gasteiger partial charge in [0.05, 0.1) is 58.9 Å². The fourth-order valence-corrected chi connectivity index (χ4v) is 20.0. The molecule has 5 aromatic rings. The van der Waals surface area contributed by atoms with Gasteiger partial charge in [-0.2, -0.15) is 0 Å². The van der Waals surface area contributed by atoms with Crippen LogP contribution >= 0.6 is 23.2 Å². The number of hydrogen-bond donors (Lipinski definition) is 17. The number of likely N-dealkylation sites (N-methyl/N-ethyl adjacent to an activating group) is 1. The molecule has 13 unspecified atom stereocenters. The van der Waals surface area contributed by atoms with E-state index in [1.165, 1.54) is 76.3 Å². The number of ketones is 3. The summed E-state index contributed by atoms with van der Waals surface area (Å²) in [6.07, 6.45) is -19.4. The zero-order valence-corrected chi connectivity index (χ0v) is 69.3. The largest absolute Gasteiger partial charge is 0.508 e. The van der Waals surface area contributed by atoms with E-state index in [1.807, 2.05) is 13.8 Å². The van der Waals surface area contributed by atoms with E-state index >= 15 is 28.8 Å². The van der Waals surface area contributed by atoms with Gasteiger partial charge in [0.25, 0.3) is 0 Å². The first kappa shape index (κ1) is 88.6. The number of primary amides is 1. The van der Waals surface area contributed by atoms with Crippen molar-refractivity contribution in [3.8, 4) is 57.1 Å². The molecule has 12 aliphatic rings. The first-order valence-corrected chi connectivity index (χ1v) is 41.8. The van der Waals surface area contributed by atoms with Gasteiger partial charge in [-0.3, -0.25) is 38.4 Å². The second-order valence-corrected chi connectivity index (χ2v) is 36.1. The molecule has 15 bridgehead atoms. The highest BCUT2D eigenvalue weighted by atomic mass is 35.5. The van der Waals surface area contributed by atoms with Crippen LogP contribution in [0.2, 0.25) is 10.0 Å². The third-order valence-corrected chi connectivity index (χ3v) is 26.3.